The predicted molar refractivity (Wildman–Crippen MR) is 271 cm³/mol. The normalized spacial score (nSPS) is 30.9. The predicted octanol–water partition coefficient (Wildman–Crippen LogP) is 1.91. The van der Waals surface area contributed by atoms with Crippen LogP contribution in [0.15, 0.2) is 24.3 Å². The summed E-state index contributed by atoms with van der Waals surface area (Å²) >= 11 is 0.943. The Morgan fingerprint density at radius 3 is 2.40 bits per heavy atom. The van der Waals surface area contributed by atoms with Crippen LogP contribution in [0.3, 0.4) is 0 Å². The maximum absolute atomic E-state index is 13.3. The second-order valence-corrected chi connectivity index (χ2v) is 27.7. The highest BCUT2D eigenvalue weighted by atomic mass is 32.2. The maximum atomic E-state index is 13.3. The number of aromatic nitrogens is 4. The van der Waals surface area contributed by atoms with Gasteiger partial charge in [0.05, 0.1) is 33.3 Å². The first-order chi connectivity index (χ1) is 36.4. The number of fused-ring (bicyclic) bond motifs is 6. The minimum Gasteiger partial charge on any atom is -0.790 e. The summed E-state index contributed by atoms with van der Waals surface area (Å²) < 4.78 is 61.1. The van der Waals surface area contributed by atoms with Crippen LogP contribution < -0.4 is 35.9 Å². The lowest BCUT2D eigenvalue weighted by Crippen LogP contribution is -2.51. The number of phosphoric ester groups is 3. The summed E-state index contributed by atoms with van der Waals surface area (Å²) in [4.78, 5) is 124. The molecule has 0 bridgehead atoms. The lowest BCUT2D eigenvalue weighted by molar-refractivity contribution is -0.347. The van der Waals surface area contributed by atoms with Crippen molar-refractivity contribution in [2.45, 2.75) is 143 Å². The van der Waals surface area contributed by atoms with Crippen molar-refractivity contribution in [3.05, 3.63) is 24.3 Å². The molecule has 1 aliphatic heterocycles. The lowest BCUT2D eigenvalue weighted by Gasteiger charge is -2.58. The molecule has 436 valence electrons. The van der Waals surface area contributed by atoms with Crippen LogP contribution in [-0.4, -0.2) is 115 Å². The summed E-state index contributed by atoms with van der Waals surface area (Å²) in [5, 5.41) is 26.3. The molecule has 3 saturated carbocycles. The molecule has 4 fully saturated rings. The zero-order valence-electron chi connectivity index (χ0n) is 44.3. The number of Topliss-reactive ketones (excluding diaryl/α,β-unsaturated/α-hetero) is 1. The van der Waals surface area contributed by atoms with E-state index in [1.165, 1.54) is 32.3 Å². The smallest absolute Gasteiger partial charge is 0.274 e. The standard InChI is InChI=1S/C48H74N7O19P3S/c1-26(31-10-11-32-30-9-8-28-21-29(56)13-16-47(28,5)33(30)14-17-48(31,32)6)7-12-34(57)27(2)45(62)78-20-19-50-36(58)15-18-51-43(61)40(60)46(3,4)23-71-77(68,69)74-76(66,67)70-22-35-39(73-75(63,64)65)38(59)44(72-35)55-25-54-37-41(49)52-24-53-42(37)55/h21,24-27,30-33,35,38-40,44,59-60H,7-20,22-23H2,1-6H3,(H,50,58)(H,51,61)(H,66,67)(H,68,69)(H2,49,52,53)(H2,63,64,65)/p-4/t26-,27?,30+,31-,32+,33+,35-,38-,39-,40+,44-,47+,48-/m1/s1. The number of thioether (sulfide) groups is 1. The molecule has 3 heterocycles. The number of nitrogens with two attached hydrogens (primary N) is 1. The first-order valence-corrected chi connectivity index (χ1v) is 31.5. The van der Waals surface area contributed by atoms with Crippen molar-refractivity contribution in [2.75, 3.05) is 37.8 Å². The van der Waals surface area contributed by atoms with Gasteiger partial charge in [-0.25, -0.2) is 19.3 Å². The number of amides is 2. The van der Waals surface area contributed by atoms with Crippen molar-refractivity contribution in [2.24, 2.45) is 51.8 Å². The molecule has 3 unspecified atom stereocenters. The maximum Gasteiger partial charge on any atom is 0.274 e. The van der Waals surface area contributed by atoms with E-state index in [2.05, 4.69) is 64.2 Å². The average molecular weight is 1170 g/mol. The molecular weight excluding hydrogens is 1100 g/mol. The van der Waals surface area contributed by atoms with E-state index in [1.807, 2.05) is 6.08 Å². The highest BCUT2D eigenvalue weighted by Gasteiger charge is 2.59. The minimum absolute atomic E-state index is 0.0282. The molecule has 30 heteroatoms. The molecule has 2 aromatic rings. The number of carbonyl (C=O) groups excluding carboxylic acids is 5. The fourth-order valence-corrected chi connectivity index (χ4v) is 16.4. The number of ether oxygens (including phenoxy) is 1. The Morgan fingerprint density at radius 2 is 1.68 bits per heavy atom. The number of phosphoric acid groups is 3. The Kier molecular flexibility index (Phi) is 19.6. The zero-order valence-corrected chi connectivity index (χ0v) is 47.8. The number of nitrogens with one attached hydrogen (secondary N) is 2. The van der Waals surface area contributed by atoms with Gasteiger partial charge in [-0.2, -0.15) is 0 Å². The van der Waals surface area contributed by atoms with Crippen LogP contribution in [0.2, 0.25) is 0 Å². The lowest BCUT2D eigenvalue weighted by atomic mass is 9.46. The number of rotatable bonds is 25. The number of aliphatic hydroxyl groups is 2. The third-order valence-electron chi connectivity index (χ3n) is 17.1. The largest absolute Gasteiger partial charge is 0.790 e. The van der Waals surface area contributed by atoms with Gasteiger partial charge in [0.25, 0.3) is 15.6 Å². The second-order valence-electron chi connectivity index (χ2n) is 22.6. The van der Waals surface area contributed by atoms with Crippen LogP contribution >= 0.6 is 35.2 Å². The van der Waals surface area contributed by atoms with E-state index < -0.39 is 90.5 Å². The van der Waals surface area contributed by atoms with E-state index >= 15 is 0 Å². The number of carbonyl (C=O) groups is 5. The van der Waals surface area contributed by atoms with Gasteiger partial charge < -0.3 is 69.0 Å². The molecule has 1 saturated heterocycles. The van der Waals surface area contributed by atoms with E-state index in [1.54, 1.807) is 6.92 Å². The SMILES string of the molecule is CC(C(=O)CC[C@@H](C)[C@H]1CC[C@H]2[C@@H]3CCC4=CC(=O)CC[C@]4(C)[C@H]3CC[C@]12C)C(=O)SCCNC(=O)CCNC(=O)[C@H](O)C(C)(C)COP(=O)([O-])OP(=O)([O-])OC[C@H]1O[C@@H](n2cnc3c(N)ncnc32)[C@H](O)[C@@H]1OP(=O)([O-])[O-]. The van der Waals surface area contributed by atoms with Crippen LogP contribution in [0.25, 0.3) is 11.2 Å². The van der Waals surface area contributed by atoms with Gasteiger partial charge in [0.15, 0.2) is 28.6 Å². The number of imidazole rings is 1. The fraction of sp³-hybridized carbons (Fsp3) is 0.750. The van der Waals surface area contributed by atoms with Gasteiger partial charge in [-0.1, -0.05) is 52.0 Å². The Labute approximate surface area is 456 Å². The Bertz CT molecular complexity index is 2760. The number of allylic oxidation sites excluding steroid dienone is 1. The molecule has 2 aromatic heterocycles. The number of anilines is 1. The molecular formula is C48H70N7O19P3S-4. The topological polar surface area (TPSA) is 409 Å². The number of nitrogen functional groups attached to an aromatic ring is 1. The van der Waals surface area contributed by atoms with Gasteiger partial charge >= 0.3 is 0 Å². The summed E-state index contributed by atoms with van der Waals surface area (Å²) in [5.41, 5.74) is 5.75. The summed E-state index contributed by atoms with van der Waals surface area (Å²) in [6.45, 7) is 8.63. The summed E-state index contributed by atoms with van der Waals surface area (Å²) in [5.74, 6) is 0.651. The molecule has 5 aliphatic rings. The van der Waals surface area contributed by atoms with Crippen LogP contribution in [0.5, 0.6) is 0 Å². The van der Waals surface area contributed by atoms with E-state index in [0.29, 0.717) is 48.9 Å². The van der Waals surface area contributed by atoms with Gasteiger partial charge in [0.1, 0.15) is 42.0 Å². The number of ketones is 2. The first kappa shape index (κ1) is 62.2. The molecule has 15 atom stereocenters. The van der Waals surface area contributed by atoms with Crippen molar-refractivity contribution in [3.8, 4) is 0 Å². The second kappa shape index (κ2) is 24.6. The van der Waals surface area contributed by atoms with Gasteiger partial charge in [-0.05, 0) is 105 Å². The number of nitrogens with zero attached hydrogens (tertiary/aromatic N) is 4. The summed E-state index contributed by atoms with van der Waals surface area (Å²) in [7, 11) is -17.7. The molecule has 78 heavy (non-hydrogen) atoms. The average Bonchev–Trinajstić information content (AvgIpc) is 4.22. The molecule has 0 spiro atoms. The van der Waals surface area contributed by atoms with E-state index in [-0.39, 0.29) is 69.8 Å². The Hall–Kier alpha value is -3.36. The molecule has 0 aromatic carbocycles. The Morgan fingerprint density at radius 1 is 0.962 bits per heavy atom. The number of aliphatic hydroxyl groups excluding tert-OH is 2. The van der Waals surface area contributed by atoms with Gasteiger partial charge in [0.2, 0.25) is 11.8 Å². The monoisotopic (exact) mass is 1170 g/mol. The zero-order chi connectivity index (χ0) is 57.3. The summed E-state index contributed by atoms with van der Waals surface area (Å²) in [6.07, 6.45) is 3.65. The van der Waals surface area contributed by atoms with Crippen LogP contribution in [0.1, 0.15) is 118 Å². The number of hydrogen-bond acceptors (Lipinski definition) is 24. The fourth-order valence-electron chi connectivity index (χ4n) is 12.8. The highest BCUT2D eigenvalue weighted by molar-refractivity contribution is 8.13. The molecule has 0 radical (unpaired) electrons. The molecule has 26 nitrogen and oxygen atoms in total. The van der Waals surface area contributed by atoms with Crippen LogP contribution in [0.4, 0.5) is 5.82 Å². The third-order valence-corrected chi connectivity index (χ3v) is 21.2. The van der Waals surface area contributed by atoms with Crippen molar-refractivity contribution in [3.63, 3.8) is 0 Å². The third kappa shape index (κ3) is 14.3. The van der Waals surface area contributed by atoms with Gasteiger partial charge in [-0.15, -0.1) is 0 Å². The number of hydrogen-bond donors (Lipinski definition) is 5. The minimum atomic E-state index is -5.95. The van der Waals surface area contributed by atoms with Crippen molar-refractivity contribution >= 4 is 80.7 Å². The van der Waals surface area contributed by atoms with Gasteiger partial charge in [0, 0.05) is 43.5 Å². The van der Waals surface area contributed by atoms with Gasteiger partial charge in [-0.3, -0.25) is 37.7 Å². The summed E-state index contributed by atoms with van der Waals surface area (Å²) in [6, 6.07) is 0. The van der Waals surface area contributed by atoms with Crippen molar-refractivity contribution in [1.82, 2.24) is 30.2 Å². The van der Waals surface area contributed by atoms with Crippen molar-refractivity contribution in [1.29, 1.82) is 0 Å². The van der Waals surface area contributed by atoms with Crippen molar-refractivity contribution < 1.29 is 90.1 Å². The molecule has 6 N–H and O–H groups in total. The highest BCUT2D eigenvalue weighted by Crippen LogP contribution is 2.68. The van der Waals surface area contributed by atoms with E-state index in [9.17, 15) is 67.5 Å². The van der Waals surface area contributed by atoms with Crippen LogP contribution in [-0.2, 0) is 60.3 Å². The van der Waals surface area contributed by atoms with E-state index in [4.69, 9.17) is 10.5 Å². The molecule has 2 amide bonds. The molecule has 7 rings (SSSR count). The van der Waals surface area contributed by atoms with Crippen LogP contribution in [0, 0.1) is 51.8 Å². The van der Waals surface area contributed by atoms with E-state index in [0.717, 1.165) is 61.1 Å². The first-order valence-electron chi connectivity index (χ1n) is 26.1. The molecule has 4 aliphatic carbocycles. The quantitative estimate of drug-likeness (QED) is 0.0538. The Balaban J connectivity index is 0.772.